The van der Waals surface area contributed by atoms with Crippen LogP contribution in [0, 0.1) is 6.92 Å². The molecule has 21 heavy (non-hydrogen) atoms. The van der Waals surface area contributed by atoms with E-state index in [1.165, 1.54) is 17.8 Å². The van der Waals surface area contributed by atoms with Gasteiger partial charge in [0.2, 0.25) is 0 Å². The lowest BCUT2D eigenvalue weighted by Gasteiger charge is -2.10. The fourth-order valence-corrected chi connectivity index (χ4v) is 2.77. The van der Waals surface area contributed by atoms with Crippen LogP contribution in [0.3, 0.4) is 0 Å². The predicted octanol–water partition coefficient (Wildman–Crippen LogP) is 4.06. The molecule has 0 unspecified atom stereocenters. The third-order valence-corrected chi connectivity index (χ3v) is 3.98. The van der Waals surface area contributed by atoms with E-state index in [1.807, 2.05) is 25.1 Å². The van der Waals surface area contributed by atoms with Crippen LogP contribution in [0.2, 0.25) is 0 Å². The van der Waals surface area contributed by atoms with Gasteiger partial charge in [-0.15, -0.1) is 0 Å². The second-order valence-electron chi connectivity index (χ2n) is 4.63. The Morgan fingerprint density at radius 3 is 2.52 bits per heavy atom. The molecule has 0 spiro atoms. The predicted molar refractivity (Wildman–Crippen MR) is 77.3 cm³/mol. The van der Waals surface area contributed by atoms with Crippen molar-refractivity contribution in [2.45, 2.75) is 29.4 Å². The number of pyridine rings is 1. The molecule has 0 aliphatic rings. The molecule has 0 saturated carbocycles. The van der Waals surface area contributed by atoms with Crippen LogP contribution >= 0.6 is 11.8 Å². The van der Waals surface area contributed by atoms with Crippen molar-refractivity contribution in [3.05, 3.63) is 53.2 Å². The first-order valence-electron chi connectivity index (χ1n) is 6.41. The van der Waals surface area contributed by atoms with Crippen molar-refractivity contribution in [2.24, 2.45) is 5.73 Å². The normalized spacial score (nSPS) is 11.7. The van der Waals surface area contributed by atoms with Crippen LogP contribution in [0.25, 0.3) is 0 Å². The third-order valence-electron chi connectivity index (χ3n) is 2.91. The van der Waals surface area contributed by atoms with E-state index in [4.69, 9.17) is 5.73 Å². The Balaban J connectivity index is 2.22. The summed E-state index contributed by atoms with van der Waals surface area (Å²) in [6, 6.07) is 8.39. The maximum Gasteiger partial charge on any atom is 0.417 e. The minimum Gasteiger partial charge on any atom is -0.330 e. The highest BCUT2D eigenvalue weighted by atomic mass is 32.2. The minimum atomic E-state index is -4.36. The average Bonchev–Trinajstić information content (AvgIpc) is 2.42. The van der Waals surface area contributed by atoms with Gasteiger partial charge in [-0.2, -0.15) is 13.2 Å². The number of benzene rings is 1. The topological polar surface area (TPSA) is 38.9 Å². The first-order chi connectivity index (χ1) is 9.90. The van der Waals surface area contributed by atoms with E-state index in [0.717, 1.165) is 34.7 Å². The molecule has 1 heterocycles. The second kappa shape index (κ2) is 6.49. The van der Waals surface area contributed by atoms with Gasteiger partial charge in [-0.05, 0) is 43.7 Å². The number of rotatable bonds is 4. The molecule has 0 atom stereocenters. The molecular formula is C15H15F3N2S. The summed E-state index contributed by atoms with van der Waals surface area (Å²) in [7, 11) is 0. The Hall–Kier alpha value is -1.53. The van der Waals surface area contributed by atoms with Gasteiger partial charge in [0.1, 0.15) is 5.03 Å². The molecule has 1 aromatic heterocycles. The van der Waals surface area contributed by atoms with Crippen LogP contribution in [-0.2, 0) is 12.6 Å². The van der Waals surface area contributed by atoms with Gasteiger partial charge in [-0.3, -0.25) is 0 Å². The molecule has 0 bridgehead atoms. The Morgan fingerprint density at radius 1 is 1.19 bits per heavy atom. The van der Waals surface area contributed by atoms with Gasteiger partial charge in [0.05, 0.1) is 5.56 Å². The van der Waals surface area contributed by atoms with Crippen LogP contribution in [-0.4, -0.2) is 11.5 Å². The largest absolute Gasteiger partial charge is 0.417 e. The number of aromatic nitrogens is 1. The average molecular weight is 312 g/mol. The lowest BCUT2D eigenvalue weighted by molar-refractivity contribution is -0.137. The Labute approximate surface area is 125 Å². The van der Waals surface area contributed by atoms with Gasteiger partial charge in [-0.1, -0.05) is 29.5 Å². The molecule has 112 valence electrons. The molecule has 0 aliphatic carbocycles. The first kappa shape index (κ1) is 15.9. The molecule has 0 amide bonds. The van der Waals surface area contributed by atoms with Gasteiger partial charge in [-0.25, -0.2) is 4.98 Å². The lowest BCUT2D eigenvalue weighted by Crippen LogP contribution is -2.05. The summed E-state index contributed by atoms with van der Waals surface area (Å²) in [5.41, 5.74) is 7.07. The van der Waals surface area contributed by atoms with Crippen molar-refractivity contribution in [2.75, 3.05) is 6.54 Å². The minimum absolute atomic E-state index is 0.525. The third kappa shape index (κ3) is 4.22. The molecule has 0 radical (unpaired) electrons. The van der Waals surface area contributed by atoms with Crippen molar-refractivity contribution in [1.82, 2.24) is 4.98 Å². The number of hydrogen-bond acceptors (Lipinski definition) is 3. The quantitative estimate of drug-likeness (QED) is 0.925. The zero-order chi connectivity index (χ0) is 15.5. The van der Waals surface area contributed by atoms with Crippen LogP contribution in [0.15, 0.2) is 46.5 Å². The van der Waals surface area contributed by atoms with E-state index in [-0.39, 0.29) is 0 Å². The number of nitrogens with two attached hydrogens (primary N) is 1. The summed E-state index contributed by atoms with van der Waals surface area (Å²) in [5.74, 6) is 0. The van der Waals surface area contributed by atoms with Crippen molar-refractivity contribution in [3.8, 4) is 0 Å². The number of alkyl halides is 3. The van der Waals surface area contributed by atoms with Crippen LogP contribution < -0.4 is 5.73 Å². The molecule has 0 fully saturated rings. The van der Waals surface area contributed by atoms with Crippen molar-refractivity contribution >= 4 is 11.8 Å². The van der Waals surface area contributed by atoms with E-state index >= 15 is 0 Å². The summed E-state index contributed by atoms with van der Waals surface area (Å²) in [4.78, 5) is 4.85. The second-order valence-corrected chi connectivity index (χ2v) is 5.70. The monoisotopic (exact) mass is 312 g/mol. The van der Waals surface area contributed by atoms with E-state index in [0.29, 0.717) is 11.6 Å². The fraction of sp³-hybridized carbons (Fsp3) is 0.267. The summed E-state index contributed by atoms with van der Waals surface area (Å²) in [6.07, 6.45) is -2.77. The summed E-state index contributed by atoms with van der Waals surface area (Å²) < 4.78 is 37.5. The van der Waals surface area contributed by atoms with E-state index in [1.54, 1.807) is 0 Å². The van der Waals surface area contributed by atoms with Gasteiger partial charge < -0.3 is 5.73 Å². The molecule has 0 aliphatic heterocycles. The molecule has 2 rings (SSSR count). The molecule has 1 aromatic carbocycles. The highest BCUT2D eigenvalue weighted by molar-refractivity contribution is 7.99. The van der Waals surface area contributed by atoms with Crippen molar-refractivity contribution < 1.29 is 13.2 Å². The first-order valence-corrected chi connectivity index (χ1v) is 7.22. The van der Waals surface area contributed by atoms with Crippen LogP contribution in [0.4, 0.5) is 13.2 Å². The zero-order valence-corrected chi connectivity index (χ0v) is 12.3. The molecule has 0 saturated heterocycles. The number of aryl methyl sites for hydroxylation is 1. The Kier molecular flexibility index (Phi) is 4.90. The van der Waals surface area contributed by atoms with E-state index in [9.17, 15) is 13.2 Å². The Bertz CT molecular complexity index is 609. The molecule has 2 aromatic rings. The summed E-state index contributed by atoms with van der Waals surface area (Å²) in [5, 5.41) is 0.533. The van der Waals surface area contributed by atoms with Crippen LogP contribution in [0.5, 0.6) is 0 Å². The fourth-order valence-electron chi connectivity index (χ4n) is 1.88. The van der Waals surface area contributed by atoms with Gasteiger partial charge in [0.15, 0.2) is 0 Å². The van der Waals surface area contributed by atoms with E-state index < -0.39 is 11.7 Å². The molecule has 6 heteroatoms. The lowest BCUT2D eigenvalue weighted by atomic mass is 10.1. The highest BCUT2D eigenvalue weighted by Crippen LogP contribution is 2.33. The molecular weight excluding hydrogens is 297 g/mol. The number of halogens is 3. The maximum atomic E-state index is 12.5. The summed E-state index contributed by atoms with van der Waals surface area (Å²) >= 11 is 1.35. The smallest absolute Gasteiger partial charge is 0.330 e. The van der Waals surface area contributed by atoms with Crippen molar-refractivity contribution in [1.29, 1.82) is 0 Å². The summed E-state index contributed by atoms with van der Waals surface area (Å²) in [6.45, 7) is 2.52. The van der Waals surface area contributed by atoms with Crippen LogP contribution in [0.1, 0.15) is 16.7 Å². The number of hydrogen-bond donors (Lipinski definition) is 1. The van der Waals surface area contributed by atoms with Gasteiger partial charge >= 0.3 is 6.18 Å². The van der Waals surface area contributed by atoms with Gasteiger partial charge in [0.25, 0.3) is 0 Å². The van der Waals surface area contributed by atoms with E-state index in [2.05, 4.69) is 4.98 Å². The highest BCUT2D eigenvalue weighted by Gasteiger charge is 2.30. The van der Waals surface area contributed by atoms with Crippen molar-refractivity contribution in [3.63, 3.8) is 0 Å². The maximum absolute atomic E-state index is 12.5. The number of nitrogens with zero attached hydrogens (tertiary/aromatic N) is 1. The SMILES string of the molecule is Cc1ccc(Sc2ccc(C(F)(F)F)cn2)c(CCN)c1. The van der Waals surface area contributed by atoms with Gasteiger partial charge in [0, 0.05) is 11.1 Å². The molecule has 2 nitrogen and oxygen atoms in total. The standard InChI is InChI=1S/C15H15F3N2S/c1-10-2-4-13(11(8-10)6-7-19)21-14-5-3-12(9-20-14)15(16,17)18/h2-5,8-9H,6-7,19H2,1H3. The zero-order valence-electron chi connectivity index (χ0n) is 11.4. The Morgan fingerprint density at radius 2 is 1.95 bits per heavy atom. The molecule has 2 N–H and O–H groups in total.